The molecule has 168 valence electrons. The third kappa shape index (κ3) is 3.88. The van der Waals surface area contributed by atoms with E-state index in [0.717, 1.165) is 40.8 Å². The minimum Gasteiger partial charge on any atom is -0.494 e. The lowest BCUT2D eigenvalue weighted by Crippen LogP contribution is -2.54. The van der Waals surface area contributed by atoms with E-state index >= 15 is 0 Å². The van der Waals surface area contributed by atoms with E-state index in [1.54, 1.807) is 17.8 Å². The maximum atomic E-state index is 13.0. The lowest BCUT2D eigenvalue weighted by atomic mass is 9.67. The molecule has 0 bridgehead atoms. The third-order valence-corrected chi connectivity index (χ3v) is 8.04. The normalized spacial score (nSPS) is 28.3. The van der Waals surface area contributed by atoms with Crippen molar-refractivity contribution in [2.45, 2.75) is 43.9 Å². The van der Waals surface area contributed by atoms with Crippen LogP contribution < -0.4 is 20.5 Å². The van der Waals surface area contributed by atoms with Gasteiger partial charge < -0.3 is 20.5 Å². The van der Waals surface area contributed by atoms with E-state index in [-0.39, 0.29) is 24.0 Å². The van der Waals surface area contributed by atoms with Gasteiger partial charge in [-0.25, -0.2) is 4.99 Å². The fourth-order valence-corrected chi connectivity index (χ4v) is 6.55. The zero-order valence-electron chi connectivity index (χ0n) is 17.8. The highest BCUT2D eigenvalue weighted by Gasteiger charge is 2.54. The molecule has 2 aliphatic heterocycles. The highest BCUT2D eigenvalue weighted by Crippen LogP contribution is 2.54. The Morgan fingerprint density at radius 3 is 3.00 bits per heavy atom. The average molecular weight is 516 g/mol. The number of amidine groups is 1. The van der Waals surface area contributed by atoms with Gasteiger partial charge in [-0.15, -0.1) is 0 Å². The SMILES string of the molecule is CCOc1cccc(C(=O)N[C@H]2CC[C@@H]3Oc4ccc(Br)cc4C4(CSC(N)=N4)[C@H]3C2)c1. The predicted molar refractivity (Wildman–Crippen MR) is 131 cm³/mol. The molecular weight excluding hydrogens is 490 g/mol. The summed E-state index contributed by atoms with van der Waals surface area (Å²) in [5.74, 6) is 2.46. The number of aliphatic imine (C=N–C) groups is 1. The average Bonchev–Trinajstić information content (AvgIpc) is 3.18. The summed E-state index contributed by atoms with van der Waals surface area (Å²) in [5, 5.41) is 3.87. The van der Waals surface area contributed by atoms with Crippen LogP contribution in [0.25, 0.3) is 0 Å². The van der Waals surface area contributed by atoms with Gasteiger partial charge in [0.25, 0.3) is 5.91 Å². The van der Waals surface area contributed by atoms with Crippen LogP contribution in [0.5, 0.6) is 11.5 Å². The maximum Gasteiger partial charge on any atom is 0.251 e. The molecule has 0 saturated heterocycles. The lowest BCUT2D eigenvalue weighted by molar-refractivity contribution is 0.0155. The number of thioether (sulfide) groups is 1. The van der Waals surface area contributed by atoms with Crippen LogP contribution >= 0.6 is 27.7 Å². The topological polar surface area (TPSA) is 85.9 Å². The molecular formula is C24H26BrN3O3S. The second kappa shape index (κ2) is 8.63. The molecule has 4 atom stereocenters. The van der Waals surface area contributed by atoms with Crippen molar-refractivity contribution in [3.8, 4) is 11.5 Å². The van der Waals surface area contributed by atoms with Crippen molar-refractivity contribution >= 4 is 38.8 Å². The summed E-state index contributed by atoms with van der Waals surface area (Å²) < 4.78 is 13.0. The number of nitrogens with zero attached hydrogens (tertiary/aromatic N) is 1. The first kappa shape index (κ1) is 21.6. The van der Waals surface area contributed by atoms with Gasteiger partial charge in [0, 0.05) is 33.3 Å². The van der Waals surface area contributed by atoms with E-state index in [2.05, 4.69) is 27.3 Å². The largest absolute Gasteiger partial charge is 0.494 e. The van der Waals surface area contributed by atoms with Crippen LogP contribution in [0.4, 0.5) is 0 Å². The van der Waals surface area contributed by atoms with Crippen molar-refractivity contribution in [1.29, 1.82) is 0 Å². The number of carbonyl (C=O) groups excluding carboxylic acids is 1. The Morgan fingerprint density at radius 2 is 2.22 bits per heavy atom. The van der Waals surface area contributed by atoms with Crippen molar-refractivity contribution in [1.82, 2.24) is 5.32 Å². The highest BCUT2D eigenvalue weighted by atomic mass is 79.9. The summed E-state index contributed by atoms with van der Waals surface area (Å²) in [7, 11) is 0. The van der Waals surface area contributed by atoms with Gasteiger partial charge in [-0.1, -0.05) is 33.8 Å². The molecule has 1 fully saturated rings. The molecule has 1 aliphatic carbocycles. The minimum absolute atomic E-state index is 0.0516. The van der Waals surface area contributed by atoms with Crippen molar-refractivity contribution in [2.24, 2.45) is 16.6 Å². The van der Waals surface area contributed by atoms with Crippen molar-refractivity contribution < 1.29 is 14.3 Å². The fraction of sp³-hybridized carbons (Fsp3) is 0.417. The molecule has 1 unspecified atom stereocenters. The fourth-order valence-electron chi connectivity index (χ4n) is 5.16. The molecule has 1 spiro atoms. The van der Waals surface area contributed by atoms with Crippen LogP contribution in [-0.4, -0.2) is 35.6 Å². The number of fused-ring (bicyclic) bond motifs is 4. The number of benzene rings is 2. The number of carbonyl (C=O) groups is 1. The van der Waals surface area contributed by atoms with E-state index in [4.69, 9.17) is 20.2 Å². The molecule has 1 saturated carbocycles. The summed E-state index contributed by atoms with van der Waals surface area (Å²) >= 11 is 5.20. The van der Waals surface area contributed by atoms with Gasteiger partial charge in [0.1, 0.15) is 23.1 Å². The van der Waals surface area contributed by atoms with Crippen LogP contribution in [0.1, 0.15) is 42.1 Å². The zero-order chi connectivity index (χ0) is 22.3. The number of nitrogens with two attached hydrogens (primary N) is 1. The lowest BCUT2D eigenvalue weighted by Gasteiger charge is -2.48. The summed E-state index contributed by atoms with van der Waals surface area (Å²) in [6, 6.07) is 13.5. The maximum absolute atomic E-state index is 13.0. The molecule has 2 aromatic carbocycles. The second-order valence-electron chi connectivity index (χ2n) is 8.51. The van der Waals surface area contributed by atoms with Crippen LogP contribution in [-0.2, 0) is 5.54 Å². The molecule has 6 nitrogen and oxygen atoms in total. The summed E-state index contributed by atoms with van der Waals surface area (Å²) in [5.41, 5.74) is 7.44. The van der Waals surface area contributed by atoms with Gasteiger partial charge in [-0.05, 0) is 62.6 Å². The number of hydrogen-bond acceptors (Lipinski definition) is 6. The Morgan fingerprint density at radius 1 is 1.34 bits per heavy atom. The van der Waals surface area contributed by atoms with Gasteiger partial charge in [0.15, 0.2) is 5.17 Å². The van der Waals surface area contributed by atoms with Crippen LogP contribution in [0.2, 0.25) is 0 Å². The number of halogens is 1. The molecule has 32 heavy (non-hydrogen) atoms. The monoisotopic (exact) mass is 515 g/mol. The smallest absolute Gasteiger partial charge is 0.251 e. The van der Waals surface area contributed by atoms with Crippen LogP contribution in [0, 0.1) is 5.92 Å². The zero-order valence-corrected chi connectivity index (χ0v) is 20.2. The predicted octanol–water partition coefficient (Wildman–Crippen LogP) is 4.46. The van der Waals surface area contributed by atoms with Crippen LogP contribution in [0.15, 0.2) is 51.9 Å². The van der Waals surface area contributed by atoms with Gasteiger partial charge in [-0.2, -0.15) is 0 Å². The molecule has 2 heterocycles. The number of amides is 1. The number of hydrogen-bond donors (Lipinski definition) is 2. The molecule has 8 heteroatoms. The van der Waals surface area contributed by atoms with E-state index < -0.39 is 5.54 Å². The van der Waals surface area contributed by atoms with E-state index in [1.165, 1.54) is 0 Å². The Bertz CT molecular complexity index is 1080. The quantitative estimate of drug-likeness (QED) is 0.627. The van der Waals surface area contributed by atoms with E-state index in [0.29, 0.717) is 23.1 Å². The first-order valence-corrected chi connectivity index (χ1v) is 12.7. The van der Waals surface area contributed by atoms with Gasteiger partial charge in [-0.3, -0.25) is 4.79 Å². The number of ether oxygens (including phenoxy) is 2. The molecule has 3 N–H and O–H groups in total. The first-order chi connectivity index (χ1) is 15.5. The van der Waals surface area contributed by atoms with Gasteiger partial charge in [0.05, 0.1) is 6.61 Å². The molecule has 0 aromatic heterocycles. The number of rotatable bonds is 4. The number of nitrogens with one attached hydrogen (secondary N) is 1. The molecule has 0 radical (unpaired) electrons. The second-order valence-corrected chi connectivity index (χ2v) is 10.4. The minimum atomic E-state index is -0.422. The Kier molecular flexibility index (Phi) is 5.84. The molecule has 5 rings (SSSR count). The summed E-state index contributed by atoms with van der Waals surface area (Å²) in [6.07, 6.45) is 2.59. The van der Waals surface area contributed by atoms with E-state index in [1.807, 2.05) is 37.3 Å². The van der Waals surface area contributed by atoms with Crippen LogP contribution in [0.3, 0.4) is 0 Å². The van der Waals surface area contributed by atoms with Gasteiger partial charge in [0.2, 0.25) is 0 Å². The van der Waals surface area contributed by atoms with E-state index in [9.17, 15) is 4.79 Å². The molecule has 3 aliphatic rings. The van der Waals surface area contributed by atoms with Crippen molar-refractivity contribution in [3.05, 3.63) is 58.1 Å². The third-order valence-electron chi connectivity index (χ3n) is 6.58. The summed E-state index contributed by atoms with van der Waals surface area (Å²) in [4.78, 5) is 18.0. The standard InChI is InChI=1S/C24H26BrN3O3S/c1-2-30-17-5-3-4-14(10-17)22(29)27-16-7-9-21-19(12-16)24(13-32-23(26)28-24)18-11-15(25)6-8-20(18)31-21/h3-6,8,10-11,16,19,21H,2,7,9,12-13H2,1H3,(H2,26,28)(H,27,29)/t16-,19-,21-,24?/m0/s1. The van der Waals surface area contributed by atoms with Gasteiger partial charge >= 0.3 is 0 Å². The Hall–Kier alpha value is -2.19. The molecule has 2 aromatic rings. The highest BCUT2D eigenvalue weighted by molar-refractivity contribution is 9.10. The molecule has 1 amide bonds. The first-order valence-electron chi connectivity index (χ1n) is 11.0. The summed E-state index contributed by atoms with van der Waals surface area (Å²) in [6.45, 7) is 2.50. The van der Waals surface area contributed by atoms with Crippen molar-refractivity contribution in [2.75, 3.05) is 12.4 Å². The Labute approximate surface area is 200 Å². The Balaban J connectivity index is 1.39. The van der Waals surface area contributed by atoms with Crippen molar-refractivity contribution in [3.63, 3.8) is 0 Å².